The van der Waals surface area contributed by atoms with Crippen LogP contribution in [0.1, 0.15) is 34.2 Å². The average Bonchev–Trinajstić information content (AvgIpc) is 3.33. The van der Waals surface area contributed by atoms with Gasteiger partial charge in [0.15, 0.2) is 10.9 Å². The van der Waals surface area contributed by atoms with Crippen LogP contribution in [0.4, 0.5) is 5.95 Å². The van der Waals surface area contributed by atoms with E-state index in [2.05, 4.69) is 50.2 Å². The van der Waals surface area contributed by atoms with E-state index in [4.69, 9.17) is 4.74 Å². The van der Waals surface area contributed by atoms with Crippen LogP contribution in [-0.2, 0) is 11.3 Å². The van der Waals surface area contributed by atoms with Crippen LogP contribution in [0.15, 0.2) is 35.5 Å². The molecular formula is C23H29N5O2S. The number of morpholine rings is 1. The van der Waals surface area contributed by atoms with Gasteiger partial charge in [0.05, 0.1) is 24.7 Å². The van der Waals surface area contributed by atoms with Crippen LogP contribution in [-0.4, -0.2) is 57.2 Å². The smallest absolute Gasteiger partial charge is 0.232 e. The van der Waals surface area contributed by atoms with E-state index in [1.165, 1.54) is 11.8 Å². The third-order valence-electron chi connectivity index (χ3n) is 5.79. The molecule has 164 valence electrons. The Morgan fingerprint density at radius 2 is 1.87 bits per heavy atom. The normalized spacial score (nSPS) is 14.3. The van der Waals surface area contributed by atoms with Crippen LogP contribution in [0.25, 0.3) is 5.69 Å². The maximum absolute atomic E-state index is 13.0. The number of aromatic nitrogens is 4. The van der Waals surface area contributed by atoms with E-state index < -0.39 is 0 Å². The number of benzene rings is 1. The van der Waals surface area contributed by atoms with Crippen LogP contribution >= 0.6 is 11.8 Å². The highest BCUT2D eigenvalue weighted by atomic mass is 32.2. The highest BCUT2D eigenvalue weighted by Gasteiger charge is 2.24. The lowest BCUT2D eigenvalue weighted by Crippen LogP contribution is -2.38. The minimum Gasteiger partial charge on any atom is -0.378 e. The van der Waals surface area contributed by atoms with Crippen molar-refractivity contribution in [1.82, 2.24) is 19.3 Å². The molecule has 2 aromatic heterocycles. The fourth-order valence-corrected chi connectivity index (χ4v) is 4.95. The molecule has 1 aliphatic heterocycles. The van der Waals surface area contributed by atoms with Crippen LogP contribution in [0, 0.1) is 20.8 Å². The number of Topliss-reactive ketones (excluding diaryl/α,β-unsaturated/α-hetero) is 1. The number of nitrogens with zero attached hydrogens (tertiary/aromatic N) is 5. The van der Waals surface area contributed by atoms with E-state index in [-0.39, 0.29) is 5.78 Å². The van der Waals surface area contributed by atoms with E-state index in [0.717, 1.165) is 58.9 Å². The van der Waals surface area contributed by atoms with Gasteiger partial charge in [-0.25, -0.2) is 0 Å². The van der Waals surface area contributed by atoms with Crippen molar-refractivity contribution in [2.75, 3.05) is 37.0 Å². The number of rotatable bonds is 7. The number of carbonyl (C=O) groups is 1. The summed E-state index contributed by atoms with van der Waals surface area (Å²) in [6.45, 7) is 12.0. The Labute approximate surface area is 187 Å². The zero-order chi connectivity index (χ0) is 22.0. The average molecular weight is 440 g/mol. The van der Waals surface area contributed by atoms with Crippen LogP contribution in [0.2, 0.25) is 0 Å². The summed E-state index contributed by atoms with van der Waals surface area (Å²) in [5, 5.41) is 9.71. The van der Waals surface area contributed by atoms with Crippen molar-refractivity contribution >= 4 is 23.5 Å². The number of thioether (sulfide) groups is 1. The Hall–Kier alpha value is -2.58. The molecule has 0 N–H and O–H groups in total. The molecular weight excluding hydrogens is 410 g/mol. The van der Waals surface area contributed by atoms with Crippen molar-refractivity contribution in [3.05, 3.63) is 52.8 Å². The molecule has 0 saturated carbocycles. The van der Waals surface area contributed by atoms with E-state index in [1.807, 2.05) is 32.0 Å². The SMILES string of the molecule is CCn1c(C)cc(C(=O)CSc2nnc(N3CCOCC3)n2-c2ccccc2C)c1C. The third-order valence-corrected chi connectivity index (χ3v) is 6.72. The lowest BCUT2D eigenvalue weighted by atomic mass is 10.2. The molecule has 3 heterocycles. The largest absolute Gasteiger partial charge is 0.378 e. The number of hydrogen-bond acceptors (Lipinski definition) is 6. The van der Waals surface area contributed by atoms with Crippen molar-refractivity contribution in [2.24, 2.45) is 0 Å². The van der Waals surface area contributed by atoms with Gasteiger partial charge in [0, 0.05) is 36.6 Å². The molecule has 1 saturated heterocycles. The first-order valence-electron chi connectivity index (χ1n) is 10.7. The van der Waals surface area contributed by atoms with E-state index >= 15 is 0 Å². The second-order valence-electron chi connectivity index (χ2n) is 7.74. The Morgan fingerprint density at radius 1 is 1.13 bits per heavy atom. The van der Waals surface area contributed by atoms with Gasteiger partial charge in [-0.05, 0) is 45.4 Å². The maximum atomic E-state index is 13.0. The molecule has 8 heteroatoms. The van der Waals surface area contributed by atoms with Crippen molar-refractivity contribution in [3.63, 3.8) is 0 Å². The predicted octanol–water partition coefficient (Wildman–Crippen LogP) is 3.83. The lowest BCUT2D eigenvalue weighted by molar-refractivity contribution is 0.102. The molecule has 7 nitrogen and oxygen atoms in total. The number of ketones is 1. The Balaban J connectivity index is 1.63. The molecule has 31 heavy (non-hydrogen) atoms. The van der Waals surface area contributed by atoms with Gasteiger partial charge in [-0.2, -0.15) is 0 Å². The first-order valence-corrected chi connectivity index (χ1v) is 11.7. The molecule has 1 aromatic carbocycles. The summed E-state index contributed by atoms with van der Waals surface area (Å²) in [5.74, 6) is 1.24. The number of hydrogen-bond donors (Lipinski definition) is 0. The van der Waals surface area contributed by atoms with Crippen LogP contribution in [0.5, 0.6) is 0 Å². The van der Waals surface area contributed by atoms with Gasteiger partial charge in [0.2, 0.25) is 5.95 Å². The van der Waals surface area contributed by atoms with Gasteiger partial charge in [0.1, 0.15) is 0 Å². The zero-order valence-corrected chi connectivity index (χ0v) is 19.4. The minimum absolute atomic E-state index is 0.116. The number of ether oxygens (including phenoxy) is 1. The summed E-state index contributed by atoms with van der Waals surface area (Å²) in [6.07, 6.45) is 0. The molecule has 1 fully saturated rings. The predicted molar refractivity (Wildman–Crippen MR) is 124 cm³/mol. The van der Waals surface area contributed by atoms with Gasteiger partial charge < -0.3 is 14.2 Å². The topological polar surface area (TPSA) is 65.2 Å². The van der Waals surface area contributed by atoms with Crippen molar-refractivity contribution < 1.29 is 9.53 Å². The van der Waals surface area contributed by atoms with E-state index in [0.29, 0.717) is 19.0 Å². The highest BCUT2D eigenvalue weighted by molar-refractivity contribution is 7.99. The monoisotopic (exact) mass is 439 g/mol. The molecule has 1 aliphatic rings. The number of anilines is 1. The molecule has 0 unspecified atom stereocenters. The van der Waals surface area contributed by atoms with Crippen molar-refractivity contribution in [2.45, 2.75) is 39.4 Å². The van der Waals surface area contributed by atoms with Gasteiger partial charge >= 0.3 is 0 Å². The van der Waals surface area contributed by atoms with Gasteiger partial charge in [-0.1, -0.05) is 30.0 Å². The highest BCUT2D eigenvalue weighted by Crippen LogP contribution is 2.29. The first-order chi connectivity index (χ1) is 15.0. The summed E-state index contributed by atoms with van der Waals surface area (Å²) in [6, 6.07) is 10.2. The number of aryl methyl sites for hydroxylation is 2. The first kappa shape index (κ1) is 21.6. The second kappa shape index (κ2) is 9.28. The summed E-state index contributed by atoms with van der Waals surface area (Å²) < 4.78 is 9.75. The molecule has 0 bridgehead atoms. The molecule has 0 atom stereocenters. The molecule has 0 spiro atoms. The van der Waals surface area contributed by atoms with Gasteiger partial charge in [0.25, 0.3) is 0 Å². The summed E-state index contributed by atoms with van der Waals surface area (Å²) in [7, 11) is 0. The molecule has 0 radical (unpaired) electrons. The van der Waals surface area contributed by atoms with Gasteiger partial charge in [-0.3, -0.25) is 9.36 Å². The third kappa shape index (κ3) is 4.27. The fraction of sp³-hybridized carbons (Fsp3) is 0.435. The minimum atomic E-state index is 0.116. The molecule has 3 aromatic rings. The Bertz CT molecular complexity index is 1080. The maximum Gasteiger partial charge on any atom is 0.232 e. The Kier molecular flexibility index (Phi) is 6.48. The fourth-order valence-electron chi connectivity index (χ4n) is 4.13. The summed E-state index contributed by atoms with van der Waals surface area (Å²) >= 11 is 1.44. The van der Waals surface area contributed by atoms with E-state index in [1.54, 1.807) is 0 Å². The standard InChI is InChI=1S/C23H29N5O2S/c1-5-27-17(3)14-19(18(27)4)21(29)15-31-23-25-24-22(26-10-12-30-13-11-26)28(23)20-9-7-6-8-16(20)2/h6-9,14H,5,10-13,15H2,1-4H3. The second-order valence-corrected chi connectivity index (χ2v) is 8.69. The molecule has 0 amide bonds. The van der Waals surface area contributed by atoms with Crippen LogP contribution < -0.4 is 4.90 Å². The quantitative estimate of drug-likeness (QED) is 0.412. The van der Waals surface area contributed by atoms with Gasteiger partial charge in [-0.15, -0.1) is 10.2 Å². The lowest BCUT2D eigenvalue weighted by Gasteiger charge is -2.28. The van der Waals surface area contributed by atoms with E-state index in [9.17, 15) is 4.79 Å². The van der Waals surface area contributed by atoms with Crippen molar-refractivity contribution in [3.8, 4) is 5.69 Å². The summed E-state index contributed by atoms with van der Waals surface area (Å²) in [4.78, 5) is 15.2. The Morgan fingerprint density at radius 3 is 2.55 bits per heavy atom. The number of para-hydroxylation sites is 1. The van der Waals surface area contributed by atoms with Crippen molar-refractivity contribution in [1.29, 1.82) is 0 Å². The summed E-state index contributed by atoms with van der Waals surface area (Å²) in [5.41, 5.74) is 5.11. The molecule has 0 aliphatic carbocycles. The number of carbonyl (C=O) groups excluding carboxylic acids is 1. The van der Waals surface area contributed by atoms with Crippen LogP contribution in [0.3, 0.4) is 0 Å². The zero-order valence-electron chi connectivity index (χ0n) is 18.6. The molecule has 4 rings (SSSR count).